The van der Waals surface area contributed by atoms with Crippen LogP contribution in [-0.2, 0) is 13.0 Å². The molecule has 0 saturated carbocycles. The second-order valence-corrected chi connectivity index (χ2v) is 6.71. The lowest BCUT2D eigenvalue weighted by molar-refractivity contribution is 0.200. The smallest absolute Gasteiger partial charge is 0.277 e. The van der Waals surface area contributed by atoms with Crippen LogP contribution in [0, 0.1) is 0 Å². The van der Waals surface area contributed by atoms with Crippen molar-refractivity contribution >= 4 is 5.65 Å². The van der Waals surface area contributed by atoms with Crippen LogP contribution in [0.4, 0.5) is 0 Å². The summed E-state index contributed by atoms with van der Waals surface area (Å²) in [5, 5.41) is 6.72. The Labute approximate surface area is 129 Å². The molecule has 0 unspecified atom stereocenters. The first kappa shape index (κ1) is 14.0. The molecule has 0 amide bonds. The Balaban J connectivity index is 1.78. The fraction of sp³-hybridized carbons (Fsp3) is 0.625. The second kappa shape index (κ2) is 5.21. The molecule has 4 heterocycles. The molecule has 2 N–H and O–H groups in total. The molecule has 4 rings (SSSR count). The summed E-state index contributed by atoms with van der Waals surface area (Å²) in [4.78, 5) is 19.9. The van der Waals surface area contributed by atoms with Gasteiger partial charge < -0.3 is 5.32 Å². The molecule has 118 valence electrons. The van der Waals surface area contributed by atoms with Crippen molar-refractivity contribution in [2.24, 2.45) is 0 Å². The predicted octanol–water partition coefficient (Wildman–Crippen LogP) is 1.21. The first-order valence-electron chi connectivity index (χ1n) is 8.24. The van der Waals surface area contributed by atoms with E-state index < -0.39 is 0 Å². The molecular formula is C16H23N5O. The Morgan fingerprint density at radius 3 is 3.00 bits per heavy atom. The van der Waals surface area contributed by atoms with E-state index in [0.29, 0.717) is 18.6 Å². The zero-order valence-corrected chi connectivity index (χ0v) is 13.2. The third-order valence-electron chi connectivity index (χ3n) is 4.98. The molecule has 2 aromatic heterocycles. The van der Waals surface area contributed by atoms with Crippen LogP contribution in [-0.4, -0.2) is 38.6 Å². The number of aromatic nitrogens is 3. The van der Waals surface area contributed by atoms with Gasteiger partial charge in [-0.3, -0.25) is 14.8 Å². The van der Waals surface area contributed by atoms with E-state index >= 15 is 0 Å². The summed E-state index contributed by atoms with van der Waals surface area (Å²) >= 11 is 0. The molecule has 0 spiro atoms. The molecule has 1 atom stereocenters. The SMILES string of the molecule is CC(C)N1CCc2nc3cc([C@H]4CCCN4)[nH]n3c(=O)c2C1. The Kier molecular flexibility index (Phi) is 3.31. The van der Waals surface area contributed by atoms with Crippen LogP contribution < -0.4 is 10.9 Å². The lowest BCUT2D eigenvalue weighted by Crippen LogP contribution is -2.40. The number of nitrogens with zero attached hydrogens (tertiary/aromatic N) is 3. The Morgan fingerprint density at radius 2 is 2.27 bits per heavy atom. The van der Waals surface area contributed by atoms with Gasteiger partial charge in [-0.1, -0.05) is 0 Å². The molecule has 0 radical (unpaired) electrons. The van der Waals surface area contributed by atoms with Crippen molar-refractivity contribution in [1.29, 1.82) is 0 Å². The third-order valence-corrected chi connectivity index (χ3v) is 4.98. The Hall–Kier alpha value is -1.66. The highest BCUT2D eigenvalue weighted by Gasteiger charge is 2.25. The van der Waals surface area contributed by atoms with E-state index in [1.165, 1.54) is 6.42 Å². The molecule has 0 bridgehead atoms. The van der Waals surface area contributed by atoms with Crippen LogP contribution in [0.1, 0.15) is 49.7 Å². The van der Waals surface area contributed by atoms with Crippen LogP contribution in [0.2, 0.25) is 0 Å². The minimum absolute atomic E-state index is 0.0644. The van der Waals surface area contributed by atoms with Gasteiger partial charge in [-0.25, -0.2) is 9.50 Å². The van der Waals surface area contributed by atoms with Gasteiger partial charge in [0.1, 0.15) is 0 Å². The van der Waals surface area contributed by atoms with Gasteiger partial charge in [0, 0.05) is 37.7 Å². The highest BCUT2D eigenvalue weighted by molar-refractivity contribution is 5.43. The summed E-state index contributed by atoms with van der Waals surface area (Å²) in [6.45, 7) is 7.08. The maximum Gasteiger partial charge on any atom is 0.277 e. The van der Waals surface area contributed by atoms with Gasteiger partial charge in [0.05, 0.1) is 17.0 Å². The van der Waals surface area contributed by atoms with Crippen molar-refractivity contribution in [3.8, 4) is 0 Å². The van der Waals surface area contributed by atoms with Gasteiger partial charge >= 0.3 is 0 Å². The Bertz CT molecular complexity index is 754. The number of aromatic amines is 1. The van der Waals surface area contributed by atoms with E-state index in [1.807, 2.05) is 6.07 Å². The monoisotopic (exact) mass is 301 g/mol. The average molecular weight is 301 g/mol. The molecule has 6 heteroatoms. The van der Waals surface area contributed by atoms with E-state index in [1.54, 1.807) is 4.52 Å². The van der Waals surface area contributed by atoms with Crippen molar-refractivity contribution < 1.29 is 0 Å². The normalized spacial score (nSPS) is 22.6. The summed E-state index contributed by atoms with van der Waals surface area (Å²) in [6, 6.07) is 2.81. The van der Waals surface area contributed by atoms with Crippen LogP contribution in [0.5, 0.6) is 0 Å². The molecule has 2 aliphatic rings. The number of fused-ring (bicyclic) bond motifs is 2. The van der Waals surface area contributed by atoms with Crippen LogP contribution in [0.3, 0.4) is 0 Å². The van der Waals surface area contributed by atoms with Crippen LogP contribution >= 0.6 is 0 Å². The largest absolute Gasteiger partial charge is 0.309 e. The van der Waals surface area contributed by atoms with E-state index in [0.717, 1.165) is 48.5 Å². The van der Waals surface area contributed by atoms with Crippen molar-refractivity contribution in [2.75, 3.05) is 13.1 Å². The van der Waals surface area contributed by atoms with Gasteiger partial charge in [0.15, 0.2) is 5.65 Å². The van der Waals surface area contributed by atoms with E-state index in [-0.39, 0.29) is 5.56 Å². The van der Waals surface area contributed by atoms with Crippen molar-refractivity contribution in [3.63, 3.8) is 0 Å². The van der Waals surface area contributed by atoms with E-state index in [2.05, 4.69) is 29.2 Å². The van der Waals surface area contributed by atoms with Crippen LogP contribution in [0.15, 0.2) is 10.9 Å². The standard InChI is InChI=1S/C16H23N5O/c1-10(2)20-7-5-12-11(9-20)16(22)21-15(18-12)8-14(19-21)13-4-3-6-17-13/h8,10,13,17,19H,3-7,9H2,1-2H3/t13-/m1/s1. The molecule has 2 aromatic rings. The fourth-order valence-electron chi connectivity index (χ4n) is 3.59. The van der Waals surface area contributed by atoms with Gasteiger partial charge in [-0.05, 0) is 33.2 Å². The number of nitrogens with one attached hydrogen (secondary N) is 2. The zero-order valence-electron chi connectivity index (χ0n) is 13.2. The number of hydrogen-bond acceptors (Lipinski definition) is 4. The van der Waals surface area contributed by atoms with E-state index in [4.69, 9.17) is 4.98 Å². The zero-order chi connectivity index (χ0) is 15.3. The fourth-order valence-corrected chi connectivity index (χ4v) is 3.59. The van der Waals surface area contributed by atoms with Gasteiger partial charge in [-0.15, -0.1) is 0 Å². The maximum atomic E-state index is 12.8. The van der Waals surface area contributed by atoms with Crippen molar-refractivity contribution in [3.05, 3.63) is 33.4 Å². The average Bonchev–Trinajstić information content (AvgIpc) is 3.15. The van der Waals surface area contributed by atoms with Crippen molar-refractivity contribution in [2.45, 2.75) is 51.7 Å². The molecule has 6 nitrogen and oxygen atoms in total. The summed E-state index contributed by atoms with van der Waals surface area (Å²) in [5.41, 5.74) is 3.72. The first-order valence-corrected chi connectivity index (χ1v) is 8.24. The predicted molar refractivity (Wildman–Crippen MR) is 85.0 cm³/mol. The molecule has 22 heavy (non-hydrogen) atoms. The minimum atomic E-state index is 0.0644. The topological polar surface area (TPSA) is 65.4 Å². The molecule has 2 aliphatic heterocycles. The Morgan fingerprint density at radius 1 is 1.41 bits per heavy atom. The summed E-state index contributed by atoms with van der Waals surface area (Å²) in [5.74, 6) is 0. The lowest BCUT2D eigenvalue weighted by Gasteiger charge is -2.30. The minimum Gasteiger partial charge on any atom is -0.309 e. The van der Waals surface area contributed by atoms with Crippen LogP contribution in [0.25, 0.3) is 5.65 Å². The first-order chi connectivity index (χ1) is 10.6. The number of H-pyrrole nitrogens is 1. The second-order valence-electron chi connectivity index (χ2n) is 6.71. The highest BCUT2D eigenvalue weighted by Crippen LogP contribution is 2.23. The van der Waals surface area contributed by atoms with Gasteiger partial charge in [-0.2, -0.15) is 0 Å². The summed E-state index contributed by atoms with van der Waals surface area (Å²) in [6.07, 6.45) is 3.16. The molecule has 1 saturated heterocycles. The summed E-state index contributed by atoms with van der Waals surface area (Å²) < 4.78 is 1.62. The maximum absolute atomic E-state index is 12.8. The number of rotatable bonds is 2. The van der Waals surface area contributed by atoms with Crippen molar-refractivity contribution in [1.82, 2.24) is 24.8 Å². The highest BCUT2D eigenvalue weighted by atomic mass is 16.1. The number of hydrogen-bond donors (Lipinski definition) is 2. The lowest BCUT2D eigenvalue weighted by atomic mass is 10.1. The molecule has 0 aliphatic carbocycles. The van der Waals surface area contributed by atoms with Gasteiger partial charge in [0.2, 0.25) is 0 Å². The molecular weight excluding hydrogens is 278 g/mol. The molecule has 0 aromatic carbocycles. The quantitative estimate of drug-likeness (QED) is 0.875. The third kappa shape index (κ3) is 2.18. The summed E-state index contributed by atoms with van der Waals surface area (Å²) in [7, 11) is 0. The molecule has 1 fully saturated rings. The van der Waals surface area contributed by atoms with E-state index in [9.17, 15) is 4.79 Å². The van der Waals surface area contributed by atoms with Gasteiger partial charge in [0.25, 0.3) is 5.56 Å².